The van der Waals surface area contributed by atoms with Crippen LogP contribution in [-0.2, 0) is 9.59 Å². The largest absolute Gasteiger partial charge is 0.494 e. The Kier molecular flexibility index (Phi) is 12.1. The second-order valence-corrected chi connectivity index (χ2v) is 9.86. The molecule has 9 heteroatoms. The van der Waals surface area contributed by atoms with E-state index in [0.717, 1.165) is 55.8 Å². The maximum absolute atomic E-state index is 13.5. The van der Waals surface area contributed by atoms with Gasteiger partial charge < -0.3 is 19.8 Å². The van der Waals surface area contributed by atoms with Crippen LogP contribution in [0.2, 0.25) is 5.02 Å². The van der Waals surface area contributed by atoms with E-state index in [4.69, 9.17) is 26.6 Å². The summed E-state index contributed by atoms with van der Waals surface area (Å²) in [7, 11) is 0. The third-order valence-corrected chi connectivity index (χ3v) is 6.88. The number of carboxylic acids is 2. The molecule has 0 atom stereocenters. The van der Waals surface area contributed by atoms with E-state index in [-0.39, 0.29) is 17.6 Å². The molecule has 0 aliphatic carbocycles. The minimum Gasteiger partial charge on any atom is -0.494 e. The fraction of sp³-hybridized carbons (Fsp3) is 0.290. The van der Waals surface area contributed by atoms with Gasteiger partial charge in [-0.15, -0.1) is 0 Å². The van der Waals surface area contributed by atoms with Gasteiger partial charge in [-0.3, -0.25) is 0 Å². The van der Waals surface area contributed by atoms with E-state index < -0.39 is 11.9 Å². The molecule has 1 aliphatic rings. The van der Waals surface area contributed by atoms with Crippen LogP contribution in [0.15, 0.2) is 84.9 Å². The molecule has 1 saturated heterocycles. The first kappa shape index (κ1) is 30.8. The van der Waals surface area contributed by atoms with Crippen molar-refractivity contribution < 1.29 is 33.3 Å². The van der Waals surface area contributed by atoms with Crippen molar-refractivity contribution >= 4 is 23.5 Å². The number of ether oxygens (including phenoxy) is 1. The summed E-state index contributed by atoms with van der Waals surface area (Å²) >= 11 is 5.90. The van der Waals surface area contributed by atoms with Crippen molar-refractivity contribution in [1.29, 1.82) is 0 Å². The molecule has 0 bridgehead atoms. The van der Waals surface area contributed by atoms with Gasteiger partial charge in [-0.2, -0.15) is 0 Å². The van der Waals surface area contributed by atoms with Crippen molar-refractivity contribution in [3.63, 3.8) is 0 Å². The fourth-order valence-electron chi connectivity index (χ4n) is 4.74. The zero-order valence-electron chi connectivity index (χ0n) is 21.9. The third-order valence-electron chi connectivity index (χ3n) is 6.63. The van der Waals surface area contributed by atoms with Crippen LogP contribution in [0.3, 0.4) is 0 Å². The summed E-state index contributed by atoms with van der Waals surface area (Å²) < 4.78 is 32.8. The van der Waals surface area contributed by atoms with Crippen LogP contribution in [-0.4, -0.2) is 53.3 Å². The van der Waals surface area contributed by atoms with Gasteiger partial charge in [0.15, 0.2) is 0 Å². The minimum absolute atomic E-state index is 0.145. The number of hydrogen-bond acceptors (Lipinski definition) is 4. The smallest absolute Gasteiger partial charge is 0.328 e. The Morgan fingerprint density at radius 3 is 1.77 bits per heavy atom. The summed E-state index contributed by atoms with van der Waals surface area (Å²) in [5.74, 6) is -1.56. The molecular formula is C31H32ClF2NO5. The molecule has 6 nitrogen and oxygen atoms in total. The van der Waals surface area contributed by atoms with E-state index in [1.54, 1.807) is 0 Å². The number of halogens is 3. The number of aliphatic carboxylic acids is 2. The van der Waals surface area contributed by atoms with Crippen LogP contribution in [0.5, 0.6) is 5.75 Å². The first-order valence-electron chi connectivity index (χ1n) is 13.0. The predicted octanol–water partition coefficient (Wildman–Crippen LogP) is 6.64. The van der Waals surface area contributed by atoms with Gasteiger partial charge in [0.2, 0.25) is 0 Å². The van der Waals surface area contributed by atoms with E-state index in [1.807, 2.05) is 48.5 Å². The highest BCUT2D eigenvalue weighted by Crippen LogP contribution is 2.38. The van der Waals surface area contributed by atoms with Crippen LogP contribution in [0.25, 0.3) is 0 Å². The summed E-state index contributed by atoms with van der Waals surface area (Å²) in [5.41, 5.74) is 2.18. The van der Waals surface area contributed by atoms with Crippen LogP contribution in [0, 0.1) is 17.6 Å². The van der Waals surface area contributed by atoms with Crippen LogP contribution in [0.1, 0.15) is 36.3 Å². The van der Waals surface area contributed by atoms with Crippen molar-refractivity contribution in [3.8, 4) is 5.75 Å². The average Bonchev–Trinajstić information content (AvgIpc) is 2.94. The number of carbonyl (C=O) groups is 2. The molecule has 4 rings (SSSR count). The van der Waals surface area contributed by atoms with Gasteiger partial charge in [0.1, 0.15) is 17.4 Å². The van der Waals surface area contributed by atoms with Gasteiger partial charge >= 0.3 is 11.9 Å². The summed E-state index contributed by atoms with van der Waals surface area (Å²) in [6, 6.07) is 21.0. The number of rotatable bonds is 10. The Balaban J connectivity index is 0.000000482. The molecule has 1 fully saturated rings. The number of likely N-dealkylation sites (tertiary alicyclic amines) is 1. The second-order valence-electron chi connectivity index (χ2n) is 9.43. The van der Waals surface area contributed by atoms with Gasteiger partial charge in [0.05, 0.1) is 6.61 Å². The topological polar surface area (TPSA) is 87.1 Å². The maximum atomic E-state index is 13.5. The number of piperidine rings is 1. The number of carboxylic acid groups (broad SMARTS) is 2. The molecule has 3 aromatic rings. The molecule has 0 radical (unpaired) electrons. The maximum Gasteiger partial charge on any atom is 0.328 e. The van der Waals surface area contributed by atoms with E-state index in [1.165, 1.54) is 24.3 Å². The Bertz CT molecular complexity index is 1180. The lowest BCUT2D eigenvalue weighted by Gasteiger charge is -2.36. The lowest BCUT2D eigenvalue weighted by atomic mass is 9.76. The Morgan fingerprint density at radius 1 is 0.850 bits per heavy atom. The van der Waals surface area contributed by atoms with E-state index >= 15 is 0 Å². The molecule has 1 aliphatic heterocycles. The van der Waals surface area contributed by atoms with Crippen molar-refractivity contribution in [2.45, 2.75) is 25.2 Å². The van der Waals surface area contributed by atoms with Crippen LogP contribution < -0.4 is 4.74 Å². The standard InChI is InChI=1S/C27H28ClF2NO.C4H4O4/c28-23-6-12-26(13-7-23)32-19-1-16-31-17-14-22(15-18-31)27(20-2-8-24(29)9-3-20)21-4-10-25(30)11-5-21;5-3(6)1-2-4(7)8/h2-13,22,27H,1,14-19H2;1-2H,(H,5,6)(H,7,8)/b;2-1+. The first-order chi connectivity index (χ1) is 19.2. The van der Waals surface area contributed by atoms with Crippen LogP contribution >= 0.6 is 11.6 Å². The highest BCUT2D eigenvalue weighted by atomic mass is 35.5. The van der Waals surface area contributed by atoms with Crippen LogP contribution in [0.4, 0.5) is 8.78 Å². The quantitative estimate of drug-likeness (QED) is 0.209. The van der Waals surface area contributed by atoms with Crippen molar-refractivity contribution in [2.75, 3.05) is 26.2 Å². The van der Waals surface area contributed by atoms with Gasteiger partial charge in [-0.25, -0.2) is 18.4 Å². The SMILES string of the molecule is Fc1ccc(C(c2ccc(F)cc2)C2CCN(CCCOc3ccc(Cl)cc3)CC2)cc1.O=C(O)/C=C/C(=O)O. The summed E-state index contributed by atoms with van der Waals surface area (Å²) in [6.45, 7) is 3.71. The van der Waals surface area contributed by atoms with Gasteiger partial charge in [0.25, 0.3) is 0 Å². The highest BCUT2D eigenvalue weighted by Gasteiger charge is 2.29. The zero-order valence-corrected chi connectivity index (χ0v) is 22.6. The highest BCUT2D eigenvalue weighted by molar-refractivity contribution is 6.30. The van der Waals surface area contributed by atoms with Gasteiger partial charge in [-0.05, 0) is 97.9 Å². The molecule has 212 valence electrons. The van der Waals surface area contributed by atoms with E-state index in [9.17, 15) is 18.4 Å². The summed E-state index contributed by atoms with van der Waals surface area (Å²) in [5, 5.41) is 16.3. The molecule has 3 aromatic carbocycles. The molecule has 2 N–H and O–H groups in total. The van der Waals surface area contributed by atoms with Crippen molar-refractivity contribution in [3.05, 3.63) is 113 Å². The average molecular weight is 572 g/mol. The monoisotopic (exact) mass is 571 g/mol. The minimum atomic E-state index is -1.26. The Labute approximate surface area is 237 Å². The molecule has 0 amide bonds. The molecule has 0 aromatic heterocycles. The normalized spacial score (nSPS) is 14.1. The second kappa shape index (κ2) is 15.7. The summed E-state index contributed by atoms with van der Waals surface area (Å²) in [6.07, 6.45) is 4.19. The lowest BCUT2D eigenvalue weighted by Crippen LogP contribution is -2.36. The molecule has 0 saturated carbocycles. The zero-order chi connectivity index (χ0) is 28.9. The lowest BCUT2D eigenvalue weighted by molar-refractivity contribution is -0.134. The molecule has 0 unspecified atom stereocenters. The number of hydrogen-bond donors (Lipinski definition) is 2. The van der Waals surface area contributed by atoms with Gasteiger partial charge in [-0.1, -0.05) is 35.9 Å². The number of nitrogens with zero attached hydrogens (tertiary/aromatic N) is 1. The summed E-state index contributed by atoms with van der Waals surface area (Å²) in [4.78, 5) is 21.6. The van der Waals surface area contributed by atoms with Crippen molar-refractivity contribution in [2.24, 2.45) is 5.92 Å². The molecule has 40 heavy (non-hydrogen) atoms. The van der Waals surface area contributed by atoms with Crippen molar-refractivity contribution in [1.82, 2.24) is 4.90 Å². The Hall–Kier alpha value is -3.75. The molecule has 0 spiro atoms. The van der Waals surface area contributed by atoms with Gasteiger partial charge in [0, 0.05) is 29.6 Å². The third kappa shape index (κ3) is 10.4. The van der Waals surface area contributed by atoms with E-state index in [2.05, 4.69) is 4.90 Å². The Morgan fingerprint density at radius 2 is 1.32 bits per heavy atom. The van der Waals surface area contributed by atoms with E-state index in [0.29, 0.717) is 29.7 Å². The predicted molar refractivity (Wildman–Crippen MR) is 150 cm³/mol. The molecular weight excluding hydrogens is 540 g/mol. The fourth-order valence-corrected chi connectivity index (χ4v) is 4.86. The number of benzene rings is 3. The molecule has 1 heterocycles. The first-order valence-corrected chi connectivity index (χ1v) is 13.3.